The van der Waals surface area contributed by atoms with Crippen LogP contribution in [-0.2, 0) is 10.0 Å². The average molecular weight is 312 g/mol. The van der Waals surface area contributed by atoms with Gasteiger partial charge in [0.2, 0.25) is 10.0 Å². The highest BCUT2D eigenvalue weighted by atomic mass is 32.2. The summed E-state index contributed by atoms with van der Waals surface area (Å²) in [5, 5.41) is 3.25. The Kier molecular flexibility index (Phi) is 5.87. The Morgan fingerprint density at radius 3 is 2.67 bits per heavy atom. The van der Waals surface area contributed by atoms with E-state index in [1.54, 1.807) is 24.3 Å². The zero-order valence-electron chi connectivity index (χ0n) is 12.5. The molecule has 1 fully saturated rings. The van der Waals surface area contributed by atoms with Crippen molar-refractivity contribution in [2.75, 3.05) is 23.6 Å². The molecule has 21 heavy (non-hydrogen) atoms. The van der Waals surface area contributed by atoms with Crippen molar-refractivity contribution in [1.82, 2.24) is 5.32 Å². The first-order valence-electron chi connectivity index (χ1n) is 7.56. The van der Waals surface area contributed by atoms with E-state index in [2.05, 4.69) is 10.0 Å². The average Bonchev–Trinajstić information content (AvgIpc) is 2.47. The number of sulfonamides is 1. The quantitative estimate of drug-likeness (QED) is 0.811. The van der Waals surface area contributed by atoms with Crippen LogP contribution in [0.1, 0.15) is 32.6 Å². The fraction of sp³-hybridized carbons (Fsp3) is 0.600. The van der Waals surface area contributed by atoms with E-state index in [1.165, 1.54) is 0 Å². The van der Waals surface area contributed by atoms with Gasteiger partial charge in [0.15, 0.2) is 0 Å². The Hall–Kier alpha value is -1.27. The first kappa shape index (κ1) is 16.1. The summed E-state index contributed by atoms with van der Waals surface area (Å²) in [7, 11) is -3.32. The van der Waals surface area contributed by atoms with Crippen molar-refractivity contribution in [3.63, 3.8) is 0 Å². The summed E-state index contributed by atoms with van der Waals surface area (Å²) >= 11 is 0. The largest absolute Gasteiger partial charge is 0.494 e. The van der Waals surface area contributed by atoms with Crippen molar-refractivity contribution in [1.29, 1.82) is 0 Å². The second-order valence-corrected chi connectivity index (χ2v) is 7.17. The maximum absolute atomic E-state index is 12.1. The first-order valence-corrected chi connectivity index (χ1v) is 9.21. The van der Waals surface area contributed by atoms with Gasteiger partial charge in [-0.1, -0.05) is 13.3 Å². The molecule has 0 aliphatic carbocycles. The minimum Gasteiger partial charge on any atom is -0.494 e. The maximum atomic E-state index is 12.1. The van der Waals surface area contributed by atoms with Crippen molar-refractivity contribution in [2.45, 2.75) is 38.6 Å². The van der Waals surface area contributed by atoms with E-state index < -0.39 is 10.0 Å². The summed E-state index contributed by atoms with van der Waals surface area (Å²) in [4.78, 5) is 0. The lowest BCUT2D eigenvalue weighted by atomic mass is 10.1. The molecule has 1 heterocycles. The van der Waals surface area contributed by atoms with Crippen LogP contribution in [0, 0.1) is 0 Å². The number of hydrogen-bond acceptors (Lipinski definition) is 4. The van der Waals surface area contributed by atoms with E-state index in [-0.39, 0.29) is 11.8 Å². The molecule has 6 heteroatoms. The molecule has 1 unspecified atom stereocenters. The molecule has 5 nitrogen and oxygen atoms in total. The predicted octanol–water partition coefficient (Wildman–Crippen LogP) is 2.36. The van der Waals surface area contributed by atoms with Crippen molar-refractivity contribution >= 4 is 15.7 Å². The van der Waals surface area contributed by atoms with Gasteiger partial charge >= 0.3 is 0 Å². The van der Waals surface area contributed by atoms with E-state index in [9.17, 15) is 8.42 Å². The van der Waals surface area contributed by atoms with Gasteiger partial charge in [-0.25, -0.2) is 8.42 Å². The second-order valence-electron chi connectivity index (χ2n) is 5.40. The SMILES string of the molecule is CCCOc1ccc(NS(=O)(=O)CC2CCCCN2)cc1. The molecule has 0 bridgehead atoms. The van der Waals surface area contributed by atoms with Crippen LogP contribution in [0.25, 0.3) is 0 Å². The summed E-state index contributed by atoms with van der Waals surface area (Å²) in [6.45, 7) is 3.61. The van der Waals surface area contributed by atoms with E-state index in [0.717, 1.165) is 38.0 Å². The zero-order chi connectivity index (χ0) is 15.1. The van der Waals surface area contributed by atoms with Crippen LogP contribution in [0.2, 0.25) is 0 Å². The highest BCUT2D eigenvalue weighted by Crippen LogP contribution is 2.18. The second kappa shape index (κ2) is 7.66. The Labute approximate surface area is 127 Å². The third-order valence-corrected chi connectivity index (χ3v) is 4.82. The van der Waals surface area contributed by atoms with Gasteiger partial charge in [0, 0.05) is 11.7 Å². The van der Waals surface area contributed by atoms with Gasteiger partial charge < -0.3 is 10.1 Å². The summed E-state index contributed by atoms with van der Waals surface area (Å²) < 4.78 is 32.4. The number of benzene rings is 1. The molecule has 1 aliphatic rings. The molecule has 2 N–H and O–H groups in total. The Morgan fingerprint density at radius 1 is 1.29 bits per heavy atom. The van der Waals surface area contributed by atoms with Crippen molar-refractivity contribution in [3.05, 3.63) is 24.3 Å². The summed E-state index contributed by atoms with van der Waals surface area (Å²) in [6, 6.07) is 7.09. The summed E-state index contributed by atoms with van der Waals surface area (Å²) in [5.74, 6) is 0.884. The lowest BCUT2D eigenvalue weighted by Crippen LogP contribution is -2.40. The van der Waals surface area contributed by atoms with Crippen LogP contribution in [0.4, 0.5) is 5.69 Å². The molecule has 0 radical (unpaired) electrons. The smallest absolute Gasteiger partial charge is 0.234 e. The third-order valence-electron chi connectivity index (χ3n) is 3.43. The van der Waals surface area contributed by atoms with Gasteiger partial charge in [-0.3, -0.25) is 4.72 Å². The summed E-state index contributed by atoms with van der Waals surface area (Å²) in [5.41, 5.74) is 0.578. The van der Waals surface area contributed by atoms with Crippen LogP contribution in [-0.4, -0.2) is 33.4 Å². The minimum atomic E-state index is -3.32. The molecule has 0 saturated carbocycles. The summed E-state index contributed by atoms with van der Waals surface area (Å²) in [6.07, 6.45) is 4.09. The van der Waals surface area contributed by atoms with Crippen molar-refractivity contribution < 1.29 is 13.2 Å². The van der Waals surface area contributed by atoms with Gasteiger partial charge in [0.1, 0.15) is 5.75 Å². The maximum Gasteiger partial charge on any atom is 0.234 e. The number of piperidine rings is 1. The third kappa shape index (κ3) is 5.55. The van der Waals surface area contributed by atoms with E-state index in [4.69, 9.17) is 4.74 Å². The molecule has 2 rings (SSSR count). The van der Waals surface area contributed by atoms with Gasteiger partial charge in [0.05, 0.1) is 12.4 Å². The highest BCUT2D eigenvalue weighted by molar-refractivity contribution is 7.92. The molecular weight excluding hydrogens is 288 g/mol. The standard InChI is InChI=1S/C15H24N2O3S/c1-2-11-20-15-8-6-13(7-9-15)17-21(18,19)12-14-5-3-4-10-16-14/h6-9,14,16-17H,2-5,10-12H2,1H3. The van der Waals surface area contributed by atoms with E-state index in [0.29, 0.717) is 12.3 Å². The zero-order valence-corrected chi connectivity index (χ0v) is 13.3. The lowest BCUT2D eigenvalue weighted by Gasteiger charge is -2.23. The monoisotopic (exact) mass is 312 g/mol. The molecule has 118 valence electrons. The van der Waals surface area contributed by atoms with Crippen molar-refractivity contribution in [2.24, 2.45) is 0 Å². The normalized spacial score (nSPS) is 19.2. The van der Waals surface area contributed by atoms with E-state index in [1.807, 2.05) is 6.92 Å². The number of rotatable bonds is 7. The van der Waals surface area contributed by atoms with E-state index >= 15 is 0 Å². The molecule has 0 amide bonds. The Morgan fingerprint density at radius 2 is 2.05 bits per heavy atom. The predicted molar refractivity (Wildman–Crippen MR) is 85.3 cm³/mol. The molecular formula is C15H24N2O3S. The molecule has 1 atom stereocenters. The van der Waals surface area contributed by atoms with Crippen LogP contribution in [0.5, 0.6) is 5.75 Å². The van der Waals surface area contributed by atoms with Gasteiger partial charge in [-0.05, 0) is 50.1 Å². The van der Waals surface area contributed by atoms with Crippen LogP contribution >= 0.6 is 0 Å². The number of nitrogens with one attached hydrogen (secondary N) is 2. The number of anilines is 1. The van der Waals surface area contributed by atoms with Gasteiger partial charge in [-0.15, -0.1) is 0 Å². The lowest BCUT2D eigenvalue weighted by molar-refractivity contribution is 0.317. The molecule has 1 aromatic carbocycles. The van der Waals surface area contributed by atoms with Crippen LogP contribution < -0.4 is 14.8 Å². The molecule has 0 aromatic heterocycles. The van der Waals surface area contributed by atoms with Crippen LogP contribution in [0.3, 0.4) is 0 Å². The van der Waals surface area contributed by atoms with Crippen LogP contribution in [0.15, 0.2) is 24.3 Å². The van der Waals surface area contributed by atoms with Crippen molar-refractivity contribution in [3.8, 4) is 5.75 Å². The Balaban J connectivity index is 1.89. The fourth-order valence-corrected chi connectivity index (χ4v) is 3.78. The minimum absolute atomic E-state index is 0.0587. The van der Waals surface area contributed by atoms with Gasteiger partial charge in [-0.2, -0.15) is 0 Å². The number of ether oxygens (including phenoxy) is 1. The first-order chi connectivity index (χ1) is 10.1. The molecule has 0 spiro atoms. The fourth-order valence-electron chi connectivity index (χ4n) is 2.39. The number of hydrogen-bond donors (Lipinski definition) is 2. The molecule has 1 saturated heterocycles. The molecule has 1 aliphatic heterocycles. The topological polar surface area (TPSA) is 67.4 Å². The van der Waals surface area contributed by atoms with Gasteiger partial charge in [0.25, 0.3) is 0 Å². The Bertz CT molecular complexity index is 522. The highest BCUT2D eigenvalue weighted by Gasteiger charge is 2.20. The molecule has 1 aromatic rings.